The average Bonchev–Trinajstić information content (AvgIpc) is 2.93. The van der Waals surface area contributed by atoms with E-state index < -0.39 is 11.9 Å². The molecule has 0 fully saturated rings. The lowest BCUT2D eigenvalue weighted by molar-refractivity contribution is -0.140. The van der Waals surface area contributed by atoms with Crippen LogP contribution in [-0.2, 0) is 11.6 Å². The lowest BCUT2D eigenvalue weighted by Gasteiger charge is -2.18. The number of hydrogen-bond acceptors (Lipinski definition) is 2. The standard InChI is InChI=1S/C15H16F3N3/c1-14(2)8-20(3)12-6-10(4-5-11(12)14)21-7-13(19-9-21)15(16,17)18/h4-7,9H,8H2,1-3H3. The number of rotatable bonds is 1. The molecule has 1 aromatic heterocycles. The minimum atomic E-state index is -4.42. The van der Waals surface area contributed by atoms with Crippen LogP contribution >= 0.6 is 0 Å². The summed E-state index contributed by atoms with van der Waals surface area (Å²) in [6.45, 7) is 5.21. The topological polar surface area (TPSA) is 21.1 Å². The van der Waals surface area contributed by atoms with E-state index >= 15 is 0 Å². The molecule has 0 unspecified atom stereocenters. The fourth-order valence-electron chi connectivity index (χ4n) is 2.94. The van der Waals surface area contributed by atoms with Crippen molar-refractivity contribution >= 4 is 5.69 Å². The number of hydrogen-bond donors (Lipinski definition) is 0. The molecule has 0 saturated heterocycles. The number of benzene rings is 1. The third kappa shape index (κ3) is 2.28. The van der Waals surface area contributed by atoms with Gasteiger partial charge in [0.1, 0.15) is 0 Å². The molecule has 1 aliphatic rings. The molecular weight excluding hydrogens is 279 g/mol. The summed E-state index contributed by atoms with van der Waals surface area (Å²) in [5.41, 5.74) is 2.12. The first-order valence-corrected chi connectivity index (χ1v) is 6.66. The maximum Gasteiger partial charge on any atom is 0.434 e. The fraction of sp³-hybridized carbons (Fsp3) is 0.400. The molecular formula is C15H16F3N3. The zero-order valence-electron chi connectivity index (χ0n) is 12.1. The molecule has 0 spiro atoms. The summed E-state index contributed by atoms with van der Waals surface area (Å²) >= 11 is 0. The van der Waals surface area contributed by atoms with Gasteiger partial charge >= 0.3 is 6.18 Å². The largest absolute Gasteiger partial charge is 0.434 e. The Balaban J connectivity index is 2.02. The van der Waals surface area contributed by atoms with E-state index in [1.54, 1.807) is 0 Å². The summed E-state index contributed by atoms with van der Waals surface area (Å²) in [5.74, 6) is 0. The van der Waals surface area contributed by atoms with E-state index in [0.29, 0.717) is 5.69 Å². The quantitative estimate of drug-likeness (QED) is 0.801. The van der Waals surface area contributed by atoms with Gasteiger partial charge in [-0.25, -0.2) is 4.98 Å². The molecule has 6 heteroatoms. The Morgan fingerprint density at radius 1 is 1.24 bits per heavy atom. The van der Waals surface area contributed by atoms with Crippen LogP contribution in [0.15, 0.2) is 30.7 Å². The van der Waals surface area contributed by atoms with E-state index in [1.165, 1.54) is 16.5 Å². The first-order chi connectivity index (χ1) is 9.68. The Morgan fingerprint density at radius 3 is 2.57 bits per heavy atom. The number of fused-ring (bicyclic) bond motifs is 1. The Morgan fingerprint density at radius 2 is 1.95 bits per heavy atom. The maximum absolute atomic E-state index is 12.6. The van der Waals surface area contributed by atoms with Crippen molar-refractivity contribution in [3.63, 3.8) is 0 Å². The van der Waals surface area contributed by atoms with Gasteiger partial charge in [-0.05, 0) is 17.7 Å². The van der Waals surface area contributed by atoms with Crippen LogP contribution in [0.2, 0.25) is 0 Å². The highest BCUT2D eigenvalue weighted by Crippen LogP contribution is 2.40. The summed E-state index contributed by atoms with van der Waals surface area (Å²) in [6.07, 6.45) is -2.20. The Labute approximate surface area is 121 Å². The number of nitrogens with zero attached hydrogens (tertiary/aromatic N) is 3. The molecule has 112 valence electrons. The summed E-state index contributed by atoms with van der Waals surface area (Å²) in [5, 5.41) is 0. The van der Waals surface area contributed by atoms with Gasteiger partial charge in [0.2, 0.25) is 0 Å². The Hall–Kier alpha value is -1.98. The number of alkyl halides is 3. The van der Waals surface area contributed by atoms with Gasteiger partial charge in [0.25, 0.3) is 0 Å². The number of anilines is 1. The third-order valence-electron chi connectivity index (χ3n) is 3.93. The van der Waals surface area contributed by atoms with Gasteiger partial charge < -0.3 is 9.47 Å². The lowest BCUT2D eigenvalue weighted by Crippen LogP contribution is -2.24. The normalized spacial score (nSPS) is 17.1. The van der Waals surface area contributed by atoms with Crippen LogP contribution in [-0.4, -0.2) is 23.1 Å². The monoisotopic (exact) mass is 295 g/mol. The number of imidazole rings is 1. The Kier molecular flexibility index (Phi) is 2.83. The number of halogens is 3. The fourth-order valence-corrected chi connectivity index (χ4v) is 2.94. The third-order valence-corrected chi connectivity index (χ3v) is 3.93. The molecule has 0 amide bonds. The molecule has 0 atom stereocenters. The number of aromatic nitrogens is 2. The van der Waals surface area contributed by atoms with Crippen molar-refractivity contribution in [2.24, 2.45) is 0 Å². The zero-order chi connectivity index (χ0) is 15.4. The van der Waals surface area contributed by atoms with Crippen LogP contribution < -0.4 is 4.90 Å². The molecule has 0 N–H and O–H groups in total. The first-order valence-electron chi connectivity index (χ1n) is 6.66. The molecule has 1 aliphatic heterocycles. The van der Waals surface area contributed by atoms with E-state index in [0.717, 1.165) is 18.4 Å². The summed E-state index contributed by atoms with van der Waals surface area (Å²) < 4.78 is 39.3. The van der Waals surface area contributed by atoms with Crippen molar-refractivity contribution < 1.29 is 13.2 Å². The minimum Gasteiger partial charge on any atom is -0.373 e. The summed E-state index contributed by atoms with van der Waals surface area (Å²) in [7, 11) is 1.99. The van der Waals surface area contributed by atoms with Crippen LogP contribution in [0.25, 0.3) is 5.69 Å². The van der Waals surface area contributed by atoms with Gasteiger partial charge in [0.15, 0.2) is 5.69 Å². The van der Waals surface area contributed by atoms with Crippen LogP contribution in [0.1, 0.15) is 25.1 Å². The summed E-state index contributed by atoms with van der Waals surface area (Å²) in [4.78, 5) is 5.55. The SMILES string of the molecule is CN1CC(C)(C)c2ccc(-n3cnc(C(F)(F)F)c3)cc21. The number of likely N-dealkylation sites (N-methyl/N-ethyl adjacent to an activating group) is 1. The molecule has 1 aromatic carbocycles. The van der Waals surface area contributed by atoms with Gasteiger partial charge in [-0.15, -0.1) is 0 Å². The first kappa shape index (κ1) is 14.0. The zero-order valence-corrected chi connectivity index (χ0v) is 12.1. The lowest BCUT2D eigenvalue weighted by atomic mass is 9.87. The molecule has 3 rings (SSSR count). The van der Waals surface area contributed by atoms with E-state index in [2.05, 4.69) is 23.7 Å². The molecule has 2 heterocycles. The van der Waals surface area contributed by atoms with Crippen LogP contribution in [0.4, 0.5) is 18.9 Å². The van der Waals surface area contributed by atoms with Gasteiger partial charge in [-0.2, -0.15) is 13.2 Å². The maximum atomic E-state index is 12.6. The van der Waals surface area contributed by atoms with Gasteiger partial charge in [0.05, 0.1) is 6.33 Å². The van der Waals surface area contributed by atoms with Crippen LogP contribution in [0.3, 0.4) is 0 Å². The van der Waals surface area contributed by atoms with Gasteiger partial charge in [-0.1, -0.05) is 19.9 Å². The molecule has 0 saturated carbocycles. The van der Waals surface area contributed by atoms with Crippen LogP contribution in [0.5, 0.6) is 0 Å². The van der Waals surface area contributed by atoms with Crippen LogP contribution in [0, 0.1) is 0 Å². The molecule has 2 aromatic rings. The smallest absolute Gasteiger partial charge is 0.373 e. The van der Waals surface area contributed by atoms with Crippen molar-refractivity contribution in [3.8, 4) is 5.69 Å². The van der Waals surface area contributed by atoms with E-state index in [-0.39, 0.29) is 5.41 Å². The summed E-state index contributed by atoms with van der Waals surface area (Å²) in [6, 6.07) is 5.73. The second kappa shape index (κ2) is 4.26. The predicted molar refractivity (Wildman–Crippen MR) is 74.9 cm³/mol. The highest BCUT2D eigenvalue weighted by atomic mass is 19.4. The van der Waals surface area contributed by atoms with Gasteiger partial charge in [0, 0.05) is 36.6 Å². The van der Waals surface area contributed by atoms with Crippen molar-refractivity contribution in [1.29, 1.82) is 0 Å². The second-order valence-corrected chi connectivity index (χ2v) is 6.11. The van der Waals surface area contributed by atoms with Gasteiger partial charge in [-0.3, -0.25) is 0 Å². The van der Waals surface area contributed by atoms with E-state index in [1.807, 2.05) is 25.2 Å². The average molecular weight is 295 g/mol. The molecule has 21 heavy (non-hydrogen) atoms. The van der Waals surface area contributed by atoms with E-state index in [4.69, 9.17) is 0 Å². The van der Waals surface area contributed by atoms with E-state index in [9.17, 15) is 13.2 Å². The van der Waals surface area contributed by atoms with Crippen molar-refractivity contribution in [3.05, 3.63) is 42.0 Å². The molecule has 0 bridgehead atoms. The highest BCUT2D eigenvalue weighted by Gasteiger charge is 2.35. The predicted octanol–water partition coefficient (Wildman–Crippen LogP) is 3.62. The Bertz CT molecular complexity index is 686. The highest BCUT2D eigenvalue weighted by molar-refractivity contribution is 5.65. The molecule has 0 radical (unpaired) electrons. The van der Waals surface area contributed by atoms with Crippen molar-refractivity contribution in [1.82, 2.24) is 9.55 Å². The van der Waals surface area contributed by atoms with Crippen molar-refractivity contribution in [2.45, 2.75) is 25.4 Å². The minimum absolute atomic E-state index is 0.0503. The molecule has 0 aliphatic carbocycles. The van der Waals surface area contributed by atoms with Crippen molar-refractivity contribution in [2.75, 3.05) is 18.5 Å². The second-order valence-electron chi connectivity index (χ2n) is 6.11. The molecule has 3 nitrogen and oxygen atoms in total.